The van der Waals surface area contributed by atoms with E-state index in [4.69, 9.17) is 16.3 Å². The maximum atomic E-state index is 12.4. The highest BCUT2D eigenvalue weighted by molar-refractivity contribution is 7.12. The molecule has 3 rings (SSSR count). The lowest BCUT2D eigenvalue weighted by atomic mass is 10.2. The molecule has 1 amide bonds. The third-order valence-corrected chi connectivity index (χ3v) is 5.04. The molecule has 1 heterocycles. The zero-order valence-electron chi connectivity index (χ0n) is 14.7. The average molecular weight is 424 g/mol. The van der Waals surface area contributed by atoms with Crippen molar-refractivity contribution in [1.82, 2.24) is 0 Å². The standard InChI is InChI=1S/C20H16ClF2NO3S/c1-12-4-2-3-5-16(12)26-10-13-8-18(28-11-13)19(25)24-14-6-7-17(15(21)9-14)27-20(22)23/h2-9,11,20H,10H2,1H3,(H,24,25). The summed E-state index contributed by atoms with van der Waals surface area (Å²) in [7, 11) is 0. The van der Waals surface area contributed by atoms with E-state index in [1.54, 1.807) is 6.07 Å². The van der Waals surface area contributed by atoms with Gasteiger partial charge in [-0.25, -0.2) is 0 Å². The van der Waals surface area contributed by atoms with Crippen molar-refractivity contribution in [2.24, 2.45) is 0 Å². The van der Waals surface area contributed by atoms with Crippen molar-refractivity contribution in [3.63, 3.8) is 0 Å². The van der Waals surface area contributed by atoms with Gasteiger partial charge in [-0.05, 0) is 48.2 Å². The first-order valence-electron chi connectivity index (χ1n) is 8.24. The first-order valence-corrected chi connectivity index (χ1v) is 9.49. The lowest BCUT2D eigenvalue weighted by molar-refractivity contribution is -0.0497. The maximum absolute atomic E-state index is 12.4. The molecule has 0 fully saturated rings. The number of hydrogen-bond donors (Lipinski definition) is 1. The van der Waals surface area contributed by atoms with Gasteiger partial charge in [0.05, 0.1) is 9.90 Å². The second kappa shape index (κ2) is 9.03. The molecule has 1 N–H and O–H groups in total. The van der Waals surface area contributed by atoms with Crippen molar-refractivity contribution in [2.75, 3.05) is 5.32 Å². The number of aryl methyl sites for hydroxylation is 1. The summed E-state index contributed by atoms with van der Waals surface area (Å²) >= 11 is 7.18. The molecule has 0 saturated heterocycles. The van der Waals surface area contributed by atoms with E-state index >= 15 is 0 Å². The van der Waals surface area contributed by atoms with Gasteiger partial charge in [0.15, 0.2) is 0 Å². The Morgan fingerprint density at radius 2 is 1.96 bits per heavy atom. The van der Waals surface area contributed by atoms with E-state index in [2.05, 4.69) is 10.1 Å². The molecule has 0 aliphatic rings. The smallest absolute Gasteiger partial charge is 0.387 e. The first kappa shape index (κ1) is 20.1. The number of halogens is 3. The molecule has 0 saturated carbocycles. The van der Waals surface area contributed by atoms with Crippen molar-refractivity contribution >= 4 is 34.5 Å². The largest absolute Gasteiger partial charge is 0.489 e. The predicted molar refractivity (Wildman–Crippen MR) is 106 cm³/mol. The molecule has 146 valence electrons. The van der Waals surface area contributed by atoms with E-state index in [0.29, 0.717) is 17.2 Å². The summed E-state index contributed by atoms with van der Waals surface area (Å²) in [5.74, 6) is 0.313. The fraction of sp³-hybridized carbons (Fsp3) is 0.150. The van der Waals surface area contributed by atoms with E-state index in [-0.39, 0.29) is 16.7 Å². The van der Waals surface area contributed by atoms with Crippen molar-refractivity contribution in [1.29, 1.82) is 0 Å². The van der Waals surface area contributed by atoms with Crippen LogP contribution in [0.1, 0.15) is 20.8 Å². The SMILES string of the molecule is Cc1ccccc1OCc1csc(C(=O)Nc2ccc(OC(F)F)c(Cl)c2)c1. The van der Waals surface area contributed by atoms with Gasteiger partial charge in [0, 0.05) is 11.3 Å². The number of benzene rings is 2. The number of para-hydroxylation sites is 1. The van der Waals surface area contributed by atoms with Crippen LogP contribution in [0.25, 0.3) is 0 Å². The first-order chi connectivity index (χ1) is 13.4. The van der Waals surface area contributed by atoms with Crippen LogP contribution in [0.3, 0.4) is 0 Å². The Hall–Kier alpha value is -2.64. The van der Waals surface area contributed by atoms with Crippen LogP contribution in [-0.2, 0) is 6.61 Å². The van der Waals surface area contributed by atoms with Gasteiger partial charge < -0.3 is 14.8 Å². The van der Waals surface area contributed by atoms with Crippen LogP contribution in [-0.4, -0.2) is 12.5 Å². The molecule has 0 spiro atoms. The molecular formula is C20H16ClF2NO3S. The molecule has 0 radical (unpaired) electrons. The molecule has 0 aliphatic carbocycles. The number of nitrogens with one attached hydrogen (secondary N) is 1. The Labute approximate surface area is 169 Å². The summed E-state index contributed by atoms with van der Waals surface area (Å²) in [5, 5.41) is 4.51. The number of alkyl halides is 2. The third kappa shape index (κ3) is 5.21. The topological polar surface area (TPSA) is 47.6 Å². The van der Waals surface area contributed by atoms with Crippen LogP contribution in [0.2, 0.25) is 5.02 Å². The number of amides is 1. The molecule has 3 aromatic rings. The van der Waals surface area contributed by atoms with Crippen molar-refractivity contribution in [3.05, 3.63) is 74.9 Å². The van der Waals surface area contributed by atoms with Gasteiger partial charge in [0.2, 0.25) is 0 Å². The van der Waals surface area contributed by atoms with E-state index in [1.807, 2.05) is 36.6 Å². The monoisotopic (exact) mass is 423 g/mol. The number of thiophene rings is 1. The summed E-state index contributed by atoms with van der Waals surface area (Å²) in [6, 6.07) is 13.5. The van der Waals surface area contributed by atoms with Gasteiger partial charge in [-0.3, -0.25) is 4.79 Å². The molecule has 2 aromatic carbocycles. The third-order valence-electron chi connectivity index (χ3n) is 3.77. The quantitative estimate of drug-likeness (QED) is 0.496. The highest BCUT2D eigenvalue weighted by atomic mass is 35.5. The Bertz CT molecular complexity index is 978. The van der Waals surface area contributed by atoms with E-state index in [1.165, 1.54) is 29.5 Å². The van der Waals surface area contributed by atoms with E-state index in [0.717, 1.165) is 16.9 Å². The number of anilines is 1. The maximum Gasteiger partial charge on any atom is 0.387 e. The van der Waals surface area contributed by atoms with Crippen LogP contribution in [0.5, 0.6) is 11.5 Å². The predicted octanol–water partition coefficient (Wildman–Crippen LogP) is 6.14. The fourth-order valence-corrected chi connectivity index (χ4v) is 3.43. The molecule has 0 unspecified atom stereocenters. The molecule has 4 nitrogen and oxygen atoms in total. The molecule has 0 bridgehead atoms. The van der Waals surface area contributed by atoms with Gasteiger partial charge >= 0.3 is 6.61 Å². The number of rotatable bonds is 7. The van der Waals surface area contributed by atoms with E-state index < -0.39 is 6.61 Å². The zero-order valence-corrected chi connectivity index (χ0v) is 16.3. The summed E-state index contributed by atoms with van der Waals surface area (Å²) < 4.78 is 34.6. The Morgan fingerprint density at radius 1 is 1.18 bits per heavy atom. The van der Waals surface area contributed by atoms with Crippen LogP contribution >= 0.6 is 22.9 Å². The van der Waals surface area contributed by atoms with Crippen LogP contribution < -0.4 is 14.8 Å². The zero-order chi connectivity index (χ0) is 20.1. The molecule has 1 aromatic heterocycles. The Balaban J connectivity index is 1.61. The van der Waals surface area contributed by atoms with Crippen LogP contribution in [0.4, 0.5) is 14.5 Å². The lowest BCUT2D eigenvalue weighted by Crippen LogP contribution is -2.10. The highest BCUT2D eigenvalue weighted by Gasteiger charge is 2.13. The molecular weight excluding hydrogens is 408 g/mol. The van der Waals surface area contributed by atoms with Gasteiger partial charge in [0.1, 0.15) is 18.1 Å². The number of hydrogen-bond acceptors (Lipinski definition) is 4. The minimum Gasteiger partial charge on any atom is -0.489 e. The van der Waals surface area contributed by atoms with Crippen LogP contribution in [0, 0.1) is 6.92 Å². The molecule has 28 heavy (non-hydrogen) atoms. The highest BCUT2D eigenvalue weighted by Crippen LogP contribution is 2.29. The Kier molecular flexibility index (Phi) is 6.49. The second-order valence-corrected chi connectivity index (χ2v) is 7.17. The van der Waals surface area contributed by atoms with Gasteiger partial charge in [0.25, 0.3) is 5.91 Å². The average Bonchev–Trinajstić information content (AvgIpc) is 3.12. The number of carbonyl (C=O) groups is 1. The minimum absolute atomic E-state index is 0.0170. The second-order valence-electron chi connectivity index (χ2n) is 5.85. The summed E-state index contributed by atoms with van der Waals surface area (Å²) in [6.07, 6.45) is 0. The minimum atomic E-state index is -2.97. The summed E-state index contributed by atoms with van der Waals surface area (Å²) in [6.45, 7) is -0.658. The van der Waals surface area contributed by atoms with Gasteiger partial charge in [-0.1, -0.05) is 29.8 Å². The summed E-state index contributed by atoms with van der Waals surface area (Å²) in [5.41, 5.74) is 2.28. The van der Waals surface area contributed by atoms with Crippen molar-refractivity contribution in [2.45, 2.75) is 20.1 Å². The fourth-order valence-electron chi connectivity index (χ4n) is 2.41. The van der Waals surface area contributed by atoms with E-state index in [9.17, 15) is 13.6 Å². The number of ether oxygens (including phenoxy) is 2. The summed E-state index contributed by atoms with van der Waals surface area (Å²) in [4.78, 5) is 12.9. The van der Waals surface area contributed by atoms with Crippen molar-refractivity contribution < 1.29 is 23.0 Å². The number of carbonyl (C=O) groups excluding carboxylic acids is 1. The lowest BCUT2D eigenvalue weighted by Gasteiger charge is -2.09. The van der Waals surface area contributed by atoms with Crippen molar-refractivity contribution in [3.8, 4) is 11.5 Å². The van der Waals surface area contributed by atoms with Gasteiger partial charge in [-0.15, -0.1) is 11.3 Å². The molecule has 8 heteroatoms. The van der Waals surface area contributed by atoms with Crippen LogP contribution in [0.15, 0.2) is 53.9 Å². The molecule has 0 aliphatic heterocycles. The Morgan fingerprint density at radius 3 is 2.68 bits per heavy atom. The van der Waals surface area contributed by atoms with Gasteiger partial charge in [-0.2, -0.15) is 8.78 Å². The molecule has 0 atom stereocenters. The normalized spacial score (nSPS) is 10.8.